The molecule has 0 bridgehead atoms. The van der Waals surface area contributed by atoms with E-state index in [0.717, 1.165) is 20.1 Å². The summed E-state index contributed by atoms with van der Waals surface area (Å²) < 4.78 is 0.971. The van der Waals surface area contributed by atoms with Crippen LogP contribution in [0.5, 0.6) is 0 Å². The van der Waals surface area contributed by atoms with Crippen molar-refractivity contribution in [3.8, 4) is 0 Å². The molecule has 1 unspecified atom stereocenters. The van der Waals surface area contributed by atoms with Crippen molar-refractivity contribution in [2.24, 2.45) is 5.73 Å². The lowest BCUT2D eigenvalue weighted by Crippen LogP contribution is -2.13. The van der Waals surface area contributed by atoms with Crippen molar-refractivity contribution in [3.05, 3.63) is 49.8 Å². The number of hydrogen-bond donors (Lipinski definition) is 1. The fraction of sp³-hybridized carbons (Fsp3) is 0.182. The first kappa shape index (κ1) is 12.0. The molecular weight excluding hydrogens is 308 g/mol. The van der Waals surface area contributed by atoms with Crippen LogP contribution < -0.4 is 5.73 Å². The summed E-state index contributed by atoms with van der Waals surface area (Å²) in [7, 11) is 0. The van der Waals surface area contributed by atoms with Crippen molar-refractivity contribution in [2.45, 2.75) is 12.5 Å². The van der Waals surface area contributed by atoms with Crippen molar-refractivity contribution < 1.29 is 0 Å². The summed E-state index contributed by atoms with van der Waals surface area (Å²) in [6, 6.07) is 5.72. The first-order valence-electron chi connectivity index (χ1n) is 4.75. The molecule has 0 saturated heterocycles. The lowest BCUT2D eigenvalue weighted by molar-refractivity contribution is 0.720. The van der Waals surface area contributed by atoms with Gasteiger partial charge in [0.2, 0.25) is 0 Å². The van der Waals surface area contributed by atoms with E-state index in [1.54, 1.807) is 17.5 Å². The number of hydrogen-bond acceptors (Lipinski definition) is 3. The highest BCUT2D eigenvalue weighted by atomic mass is 79.9. The molecule has 0 radical (unpaired) electrons. The minimum Gasteiger partial charge on any atom is -0.323 e. The molecule has 0 spiro atoms. The third-order valence-electron chi connectivity index (χ3n) is 2.20. The van der Waals surface area contributed by atoms with E-state index in [0.29, 0.717) is 6.42 Å². The van der Waals surface area contributed by atoms with Gasteiger partial charge in [0, 0.05) is 33.7 Å². The highest BCUT2D eigenvalue weighted by Crippen LogP contribution is 2.28. The maximum Gasteiger partial charge on any atom is 0.0561 e. The number of pyridine rings is 1. The van der Waals surface area contributed by atoms with E-state index in [9.17, 15) is 0 Å². The molecule has 0 fully saturated rings. The fourth-order valence-electron chi connectivity index (χ4n) is 1.42. The van der Waals surface area contributed by atoms with Gasteiger partial charge >= 0.3 is 0 Å². The highest BCUT2D eigenvalue weighted by Gasteiger charge is 2.12. The lowest BCUT2D eigenvalue weighted by atomic mass is 10.1. The maximum absolute atomic E-state index is 6.08. The predicted molar refractivity (Wildman–Crippen MR) is 71.9 cm³/mol. The molecule has 0 aliphatic rings. The van der Waals surface area contributed by atoms with Gasteiger partial charge in [0.05, 0.1) is 5.02 Å². The average molecular weight is 318 g/mol. The van der Waals surface area contributed by atoms with Crippen molar-refractivity contribution in [2.75, 3.05) is 0 Å². The number of nitrogens with two attached hydrogens (primary N) is 1. The molecule has 2 nitrogen and oxygen atoms in total. The normalized spacial score (nSPS) is 12.7. The molecule has 1 atom stereocenters. The van der Waals surface area contributed by atoms with Crippen LogP contribution in [0.15, 0.2) is 34.2 Å². The Labute approximate surface area is 112 Å². The van der Waals surface area contributed by atoms with Gasteiger partial charge in [-0.15, -0.1) is 11.3 Å². The molecule has 0 aliphatic carbocycles. The Morgan fingerprint density at radius 3 is 2.81 bits per heavy atom. The van der Waals surface area contributed by atoms with Gasteiger partial charge in [-0.2, -0.15) is 0 Å². The summed E-state index contributed by atoms with van der Waals surface area (Å²) in [5, 5.41) is 2.70. The minimum absolute atomic E-state index is 0.0822. The smallest absolute Gasteiger partial charge is 0.0561 e. The Bertz CT molecular complexity index is 469. The number of rotatable bonds is 3. The maximum atomic E-state index is 6.08. The summed E-state index contributed by atoms with van der Waals surface area (Å²) in [4.78, 5) is 5.31. The molecule has 2 heterocycles. The van der Waals surface area contributed by atoms with Gasteiger partial charge in [-0.05, 0) is 39.5 Å². The standard InChI is InChI=1S/C11H10BrClN2S/c12-7-1-2-8(15-6-7)5-10(14)11-9(13)3-4-16-11/h1-4,6,10H,5,14H2. The van der Waals surface area contributed by atoms with Crippen molar-refractivity contribution in [1.29, 1.82) is 0 Å². The fourth-order valence-corrected chi connectivity index (χ4v) is 2.85. The van der Waals surface area contributed by atoms with Crippen LogP contribution in [0.1, 0.15) is 16.6 Å². The Morgan fingerprint density at radius 2 is 2.25 bits per heavy atom. The first-order valence-corrected chi connectivity index (χ1v) is 6.81. The summed E-state index contributed by atoms with van der Waals surface area (Å²) in [6.07, 6.45) is 2.48. The zero-order chi connectivity index (χ0) is 11.5. The van der Waals surface area contributed by atoms with E-state index in [1.807, 2.05) is 23.6 Å². The van der Waals surface area contributed by atoms with Gasteiger partial charge in [-0.3, -0.25) is 4.98 Å². The second-order valence-electron chi connectivity index (χ2n) is 3.41. The topological polar surface area (TPSA) is 38.9 Å². The van der Waals surface area contributed by atoms with Crippen LogP contribution in [0.25, 0.3) is 0 Å². The quantitative estimate of drug-likeness (QED) is 0.935. The molecule has 2 N–H and O–H groups in total. The Morgan fingerprint density at radius 1 is 1.44 bits per heavy atom. The predicted octanol–water partition coefficient (Wildman–Crippen LogP) is 3.80. The van der Waals surface area contributed by atoms with Crippen LogP contribution in [0.4, 0.5) is 0 Å². The SMILES string of the molecule is NC(Cc1ccc(Br)cn1)c1sccc1Cl. The molecule has 0 aromatic carbocycles. The van der Waals surface area contributed by atoms with E-state index in [4.69, 9.17) is 17.3 Å². The summed E-state index contributed by atoms with van der Waals surface area (Å²) in [5.74, 6) is 0. The Balaban J connectivity index is 2.10. The van der Waals surface area contributed by atoms with Crippen LogP contribution in [0, 0.1) is 0 Å². The molecule has 16 heavy (non-hydrogen) atoms. The molecule has 2 aromatic heterocycles. The molecule has 0 saturated carbocycles. The zero-order valence-electron chi connectivity index (χ0n) is 8.36. The number of nitrogens with zero attached hydrogens (tertiary/aromatic N) is 1. The van der Waals surface area contributed by atoms with Crippen molar-refractivity contribution in [1.82, 2.24) is 4.98 Å². The molecule has 0 aliphatic heterocycles. The van der Waals surface area contributed by atoms with E-state index < -0.39 is 0 Å². The summed E-state index contributed by atoms with van der Waals surface area (Å²) in [6.45, 7) is 0. The molecule has 2 aromatic rings. The van der Waals surface area contributed by atoms with Gasteiger partial charge in [0.25, 0.3) is 0 Å². The van der Waals surface area contributed by atoms with Crippen LogP contribution >= 0.6 is 38.9 Å². The number of halogens is 2. The summed E-state index contributed by atoms with van der Waals surface area (Å²) in [5.41, 5.74) is 7.06. The highest BCUT2D eigenvalue weighted by molar-refractivity contribution is 9.10. The molecule has 5 heteroatoms. The van der Waals surface area contributed by atoms with Crippen LogP contribution in [-0.4, -0.2) is 4.98 Å². The lowest BCUT2D eigenvalue weighted by Gasteiger charge is -2.09. The Kier molecular flexibility index (Phi) is 3.97. The second-order valence-corrected chi connectivity index (χ2v) is 5.68. The van der Waals surface area contributed by atoms with E-state index in [1.165, 1.54) is 0 Å². The van der Waals surface area contributed by atoms with Crippen molar-refractivity contribution in [3.63, 3.8) is 0 Å². The average Bonchev–Trinajstić information content (AvgIpc) is 2.68. The third kappa shape index (κ3) is 2.83. The molecule has 2 rings (SSSR count). The summed E-state index contributed by atoms with van der Waals surface area (Å²) >= 11 is 11.0. The minimum atomic E-state index is -0.0822. The monoisotopic (exact) mass is 316 g/mol. The van der Waals surface area contributed by atoms with Gasteiger partial charge in [0.1, 0.15) is 0 Å². The van der Waals surface area contributed by atoms with Crippen LogP contribution in [0.2, 0.25) is 5.02 Å². The number of thiophene rings is 1. The second kappa shape index (κ2) is 5.27. The zero-order valence-corrected chi connectivity index (χ0v) is 11.5. The Hall–Kier alpha value is -0.420. The van der Waals surface area contributed by atoms with E-state index in [-0.39, 0.29) is 6.04 Å². The van der Waals surface area contributed by atoms with Crippen LogP contribution in [0.3, 0.4) is 0 Å². The molecular formula is C11H10BrClN2S. The third-order valence-corrected chi connectivity index (χ3v) is 4.16. The van der Waals surface area contributed by atoms with E-state index in [2.05, 4.69) is 20.9 Å². The van der Waals surface area contributed by atoms with Gasteiger partial charge < -0.3 is 5.73 Å². The van der Waals surface area contributed by atoms with Gasteiger partial charge in [-0.1, -0.05) is 11.6 Å². The molecule has 0 amide bonds. The van der Waals surface area contributed by atoms with Gasteiger partial charge in [0.15, 0.2) is 0 Å². The van der Waals surface area contributed by atoms with Crippen LogP contribution in [-0.2, 0) is 6.42 Å². The first-order chi connectivity index (χ1) is 7.66. The van der Waals surface area contributed by atoms with E-state index >= 15 is 0 Å². The molecule has 84 valence electrons. The van der Waals surface area contributed by atoms with Gasteiger partial charge in [-0.25, -0.2) is 0 Å². The largest absolute Gasteiger partial charge is 0.323 e. The number of aromatic nitrogens is 1. The van der Waals surface area contributed by atoms with Crippen molar-refractivity contribution >= 4 is 38.9 Å².